The van der Waals surface area contributed by atoms with Gasteiger partial charge in [0.2, 0.25) is 0 Å². The molecule has 0 saturated carbocycles. The van der Waals surface area contributed by atoms with E-state index in [0.717, 1.165) is 30.2 Å². The summed E-state index contributed by atoms with van der Waals surface area (Å²) in [6.07, 6.45) is 4.95. The van der Waals surface area contributed by atoms with Crippen LogP contribution in [0.25, 0.3) is 10.6 Å². The van der Waals surface area contributed by atoms with Crippen molar-refractivity contribution in [2.75, 3.05) is 6.54 Å². The fourth-order valence-corrected chi connectivity index (χ4v) is 2.65. The lowest BCUT2D eigenvalue weighted by molar-refractivity contribution is 0.734. The van der Waals surface area contributed by atoms with Crippen LogP contribution in [0.2, 0.25) is 0 Å². The third kappa shape index (κ3) is 2.73. The van der Waals surface area contributed by atoms with Gasteiger partial charge in [-0.1, -0.05) is 13.8 Å². The van der Waals surface area contributed by atoms with Gasteiger partial charge in [-0.15, -0.1) is 11.3 Å². The number of aryl methyl sites for hydroxylation is 2. The number of aromatic nitrogens is 3. The van der Waals surface area contributed by atoms with Gasteiger partial charge in [-0.3, -0.25) is 4.68 Å². The van der Waals surface area contributed by atoms with Crippen molar-refractivity contribution in [3.05, 3.63) is 23.0 Å². The van der Waals surface area contributed by atoms with Crippen molar-refractivity contribution in [1.29, 1.82) is 0 Å². The first kappa shape index (κ1) is 12.3. The van der Waals surface area contributed by atoms with Crippen LogP contribution >= 0.6 is 11.3 Å². The standard InChI is InChI=1S/C12H18N4S/c1-4-11-10(8-16(3)15-11)12-14-7-9(17-12)6-13-5-2/h7-8,13H,4-6H2,1-3H3. The number of thiazole rings is 1. The van der Waals surface area contributed by atoms with Crippen molar-refractivity contribution < 1.29 is 0 Å². The quantitative estimate of drug-likeness (QED) is 0.884. The van der Waals surface area contributed by atoms with Gasteiger partial charge in [0, 0.05) is 30.9 Å². The molecule has 4 nitrogen and oxygen atoms in total. The minimum atomic E-state index is 0.899. The van der Waals surface area contributed by atoms with E-state index in [9.17, 15) is 0 Å². The highest BCUT2D eigenvalue weighted by molar-refractivity contribution is 7.15. The number of hydrogen-bond acceptors (Lipinski definition) is 4. The van der Waals surface area contributed by atoms with Crippen molar-refractivity contribution in [2.45, 2.75) is 26.8 Å². The molecule has 92 valence electrons. The summed E-state index contributed by atoms with van der Waals surface area (Å²) in [5.41, 5.74) is 2.29. The normalized spacial score (nSPS) is 11.0. The Kier molecular flexibility index (Phi) is 3.91. The Labute approximate surface area is 106 Å². The van der Waals surface area contributed by atoms with Crippen LogP contribution < -0.4 is 5.32 Å². The third-order valence-electron chi connectivity index (χ3n) is 2.57. The average molecular weight is 250 g/mol. The van der Waals surface area contributed by atoms with Gasteiger partial charge in [0.25, 0.3) is 0 Å². The molecule has 0 amide bonds. The van der Waals surface area contributed by atoms with E-state index in [1.165, 1.54) is 10.4 Å². The first-order chi connectivity index (χ1) is 8.24. The second-order valence-electron chi connectivity index (χ2n) is 3.93. The Morgan fingerprint density at radius 1 is 1.41 bits per heavy atom. The van der Waals surface area contributed by atoms with Crippen LogP contribution in [0.15, 0.2) is 12.4 Å². The smallest absolute Gasteiger partial charge is 0.127 e. The van der Waals surface area contributed by atoms with Gasteiger partial charge in [-0.25, -0.2) is 4.98 Å². The molecule has 0 saturated heterocycles. The molecule has 0 fully saturated rings. The Morgan fingerprint density at radius 2 is 2.24 bits per heavy atom. The third-order valence-corrected chi connectivity index (χ3v) is 3.60. The lowest BCUT2D eigenvalue weighted by Gasteiger charge is -1.95. The lowest BCUT2D eigenvalue weighted by Crippen LogP contribution is -2.10. The molecule has 0 radical (unpaired) electrons. The molecular formula is C12H18N4S. The first-order valence-electron chi connectivity index (χ1n) is 5.92. The van der Waals surface area contributed by atoms with Gasteiger partial charge in [0.1, 0.15) is 5.01 Å². The molecule has 2 aromatic heterocycles. The second kappa shape index (κ2) is 5.42. The maximum atomic E-state index is 4.49. The highest BCUT2D eigenvalue weighted by Gasteiger charge is 2.11. The molecule has 0 unspecified atom stereocenters. The number of hydrogen-bond donors (Lipinski definition) is 1. The van der Waals surface area contributed by atoms with Crippen LogP contribution in [-0.2, 0) is 20.0 Å². The predicted octanol–water partition coefficient (Wildman–Crippen LogP) is 2.22. The largest absolute Gasteiger partial charge is 0.312 e. The minimum absolute atomic E-state index is 0.899. The van der Waals surface area contributed by atoms with E-state index in [1.54, 1.807) is 11.3 Å². The van der Waals surface area contributed by atoms with E-state index in [4.69, 9.17) is 0 Å². The molecule has 0 aromatic carbocycles. The summed E-state index contributed by atoms with van der Waals surface area (Å²) in [5.74, 6) is 0. The monoisotopic (exact) mass is 250 g/mol. The van der Waals surface area contributed by atoms with E-state index >= 15 is 0 Å². The zero-order valence-corrected chi connectivity index (χ0v) is 11.3. The lowest BCUT2D eigenvalue weighted by atomic mass is 10.2. The maximum absolute atomic E-state index is 4.49. The molecule has 2 rings (SSSR count). The minimum Gasteiger partial charge on any atom is -0.312 e. The molecule has 1 N–H and O–H groups in total. The van der Waals surface area contributed by atoms with E-state index in [-0.39, 0.29) is 0 Å². The van der Waals surface area contributed by atoms with Gasteiger partial charge in [-0.05, 0) is 13.0 Å². The molecule has 2 heterocycles. The van der Waals surface area contributed by atoms with Crippen LogP contribution in [0.4, 0.5) is 0 Å². The molecule has 0 bridgehead atoms. The Bertz CT molecular complexity index is 486. The van der Waals surface area contributed by atoms with E-state index in [2.05, 4.69) is 35.4 Å². The summed E-state index contributed by atoms with van der Waals surface area (Å²) >= 11 is 1.74. The van der Waals surface area contributed by atoms with Crippen molar-refractivity contribution in [2.24, 2.45) is 7.05 Å². The molecular weight excluding hydrogens is 232 g/mol. The number of nitrogens with zero attached hydrogens (tertiary/aromatic N) is 3. The zero-order valence-electron chi connectivity index (χ0n) is 10.5. The Morgan fingerprint density at radius 3 is 2.94 bits per heavy atom. The van der Waals surface area contributed by atoms with Crippen molar-refractivity contribution in [3.8, 4) is 10.6 Å². The van der Waals surface area contributed by atoms with Crippen LogP contribution in [-0.4, -0.2) is 21.3 Å². The summed E-state index contributed by atoms with van der Waals surface area (Å²) in [6.45, 7) is 6.12. The second-order valence-corrected chi connectivity index (χ2v) is 5.04. The Hall–Kier alpha value is -1.20. The number of nitrogens with one attached hydrogen (secondary N) is 1. The SMILES string of the molecule is CCNCc1cnc(-c2cn(C)nc2CC)s1. The molecule has 17 heavy (non-hydrogen) atoms. The Balaban J connectivity index is 2.23. The van der Waals surface area contributed by atoms with Crippen LogP contribution in [0.1, 0.15) is 24.4 Å². The molecule has 0 spiro atoms. The average Bonchev–Trinajstić information content (AvgIpc) is 2.92. The van der Waals surface area contributed by atoms with Gasteiger partial charge < -0.3 is 5.32 Å². The predicted molar refractivity (Wildman–Crippen MR) is 71.1 cm³/mol. The van der Waals surface area contributed by atoms with Gasteiger partial charge in [0.05, 0.1) is 11.3 Å². The molecule has 0 aliphatic carbocycles. The first-order valence-corrected chi connectivity index (χ1v) is 6.74. The van der Waals surface area contributed by atoms with Crippen molar-refractivity contribution in [3.63, 3.8) is 0 Å². The molecule has 5 heteroatoms. The van der Waals surface area contributed by atoms with Crippen molar-refractivity contribution >= 4 is 11.3 Å². The molecule has 2 aromatic rings. The summed E-state index contributed by atoms with van der Waals surface area (Å²) in [6, 6.07) is 0. The van der Waals surface area contributed by atoms with E-state index in [1.807, 2.05) is 17.9 Å². The van der Waals surface area contributed by atoms with Crippen LogP contribution in [0.5, 0.6) is 0 Å². The highest BCUT2D eigenvalue weighted by Crippen LogP contribution is 2.27. The fraction of sp³-hybridized carbons (Fsp3) is 0.500. The summed E-state index contributed by atoms with van der Waals surface area (Å²) < 4.78 is 1.86. The number of rotatable bonds is 5. The fourth-order valence-electron chi connectivity index (χ4n) is 1.74. The molecule has 0 atom stereocenters. The summed E-state index contributed by atoms with van der Waals surface area (Å²) in [4.78, 5) is 5.76. The topological polar surface area (TPSA) is 42.7 Å². The van der Waals surface area contributed by atoms with Crippen LogP contribution in [0.3, 0.4) is 0 Å². The molecule has 0 aliphatic rings. The van der Waals surface area contributed by atoms with E-state index < -0.39 is 0 Å². The summed E-state index contributed by atoms with van der Waals surface area (Å²) in [5, 5.41) is 8.83. The van der Waals surface area contributed by atoms with Crippen molar-refractivity contribution in [1.82, 2.24) is 20.1 Å². The van der Waals surface area contributed by atoms with E-state index in [0.29, 0.717) is 0 Å². The molecule has 0 aliphatic heterocycles. The zero-order chi connectivity index (χ0) is 12.3. The van der Waals surface area contributed by atoms with Crippen LogP contribution in [0, 0.1) is 0 Å². The van der Waals surface area contributed by atoms with Gasteiger partial charge in [-0.2, -0.15) is 5.10 Å². The van der Waals surface area contributed by atoms with Gasteiger partial charge in [0.15, 0.2) is 0 Å². The van der Waals surface area contributed by atoms with Gasteiger partial charge >= 0.3 is 0 Å². The highest BCUT2D eigenvalue weighted by atomic mass is 32.1. The maximum Gasteiger partial charge on any atom is 0.127 e. The summed E-state index contributed by atoms with van der Waals surface area (Å²) in [7, 11) is 1.95.